The molecule has 1 N–H and O–H groups in total. The third-order valence-electron chi connectivity index (χ3n) is 3.45. The third kappa shape index (κ3) is 5.15. The Morgan fingerprint density at radius 1 is 1.30 bits per heavy atom. The molecule has 3 rings (SSSR count). The van der Waals surface area contributed by atoms with Crippen molar-refractivity contribution in [2.45, 2.75) is 52.9 Å². The number of ether oxygens (including phenoxy) is 1. The van der Waals surface area contributed by atoms with Crippen LogP contribution in [0.3, 0.4) is 0 Å². The first-order valence-electron chi connectivity index (χ1n) is 7.70. The summed E-state index contributed by atoms with van der Waals surface area (Å²) in [6.45, 7) is 14.9. The van der Waals surface area contributed by atoms with E-state index in [1.807, 2.05) is 25.4 Å². The van der Waals surface area contributed by atoms with E-state index in [-0.39, 0.29) is 5.41 Å². The van der Waals surface area contributed by atoms with Crippen molar-refractivity contribution in [2.75, 3.05) is 26.3 Å². The number of rotatable bonds is 0. The maximum atomic E-state index is 5.18. The van der Waals surface area contributed by atoms with E-state index in [0.29, 0.717) is 5.41 Å². The van der Waals surface area contributed by atoms with Crippen LogP contribution in [-0.4, -0.2) is 31.3 Å². The molecule has 2 aliphatic heterocycles. The number of piperidine rings is 1. The monoisotopic (exact) mass is 298 g/mol. The third-order valence-corrected chi connectivity index (χ3v) is 4.65. The van der Waals surface area contributed by atoms with Crippen LogP contribution in [0, 0.1) is 5.41 Å². The Balaban J connectivity index is 0.000000178. The van der Waals surface area contributed by atoms with Gasteiger partial charge in [0, 0.05) is 29.0 Å². The fourth-order valence-corrected chi connectivity index (χ4v) is 2.99. The quantitative estimate of drug-likeness (QED) is 0.790. The van der Waals surface area contributed by atoms with E-state index < -0.39 is 0 Å². The number of aromatic nitrogens is 1. The highest BCUT2D eigenvalue weighted by Gasteiger charge is 2.39. The zero-order chi connectivity index (χ0) is 15.1. The lowest BCUT2D eigenvalue weighted by atomic mass is 9.79. The van der Waals surface area contributed by atoms with Gasteiger partial charge in [-0.05, 0) is 19.4 Å². The molecule has 2 aliphatic rings. The number of hydrogen-bond donors (Lipinski definition) is 1. The van der Waals surface area contributed by atoms with Gasteiger partial charge in [0.05, 0.1) is 18.2 Å². The molecular weight excluding hydrogens is 268 g/mol. The first kappa shape index (κ1) is 17.6. The minimum Gasteiger partial charge on any atom is -0.380 e. The van der Waals surface area contributed by atoms with Gasteiger partial charge < -0.3 is 10.1 Å². The van der Waals surface area contributed by atoms with Gasteiger partial charge in [0.25, 0.3) is 0 Å². The van der Waals surface area contributed by atoms with Crippen LogP contribution >= 0.6 is 11.3 Å². The second kappa shape index (κ2) is 8.11. The van der Waals surface area contributed by atoms with Gasteiger partial charge in [-0.25, -0.2) is 4.98 Å². The van der Waals surface area contributed by atoms with Gasteiger partial charge in [-0.3, -0.25) is 0 Å². The number of nitrogens with zero attached hydrogens (tertiary/aromatic N) is 1. The van der Waals surface area contributed by atoms with Crippen LogP contribution in [-0.2, 0) is 10.2 Å². The molecule has 3 heterocycles. The molecule has 0 aliphatic carbocycles. The van der Waals surface area contributed by atoms with Crippen molar-refractivity contribution in [1.82, 2.24) is 10.3 Å². The zero-order valence-corrected chi connectivity index (χ0v) is 14.5. The second-order valence-electron chi connectivity index (χ2n) is 6.36. The molecule has 0 saturated carbocycles. The van der Waals surface area contributed by atoms with E-state index in [4.69, 9.17) is 4.74 Å². The molecule has 2 saturated heterocycles. The first-order chi connectivity index (χ1) is 9.52. The molecule has 116 valence electrons. The SMILES string of the molecule is C1CNCC2(C1)COC2.CC.CC(C)(C)c1nccs1. The van der Waals surface area contributed by atoms with Crippen molar-refractivity contribution >= 4 is 11.3 Å². The zero-order valence-electron chi connectivity index (χ0n) is 13.7. The Hall–Kier alpha value is -0.450. The van der Waals surface area contributed by atoms with Crippen molar-refractivity contribution in [3.63, 3.8) is 0 Å². The molecule has 1 aromatic heterocycles. The minimum atomic E-state index is 0.230. The van der Waals surface area contributed by atoms with Crippen molar-refractivity contribution in [3.8, 4) is 0 Å². The van der Waals surface area contributed by atoms with Crippen molar-refractivity contribution < 1.29 is 4.74 Å². The molecule has 0 unspecified atom stereocenters. The van der Waals surface area contributed by atoms with Crippen LogP contribution in [0.2, 0.25) is 0 Å². The van der Waals surface area contributed by atoms with Gasteiger partial charge in [-0.15, -0.1) is 11.3 Å². The molecule has 0 amide bonds. The van der Waals surface area contributed by atoms with E-state index in [0.717, 1.165) is 13.2 Å². The van der Waals surface area contributed by atoms with Gasteiger partial charge in [0.1, 0.15) is 0 Å². The van der Waals surface area contributed by atoms with Crippen LogP contribution in [0.4, 0.5) is 0 Å². The summed E-state index contributed by atoms with van der Waals surface area (Å²) >= 11 is 1.72. The summed E-state index contributed by atoms with van der Waals surface area (Å²) in [7, 11) is 0. The topological polar surface area (TPSA) is 34.1 Å². The average molecular weight is 298 g/mol. The largest absolute Gasteiger partial charge is 0.380 e. The molecule has 4 heteroatoms. The lowest BCUT2D eigenvalue weighted by Gasteiger charge is -2.44. The number of thiazole rings is 1. The number of nitrogens with one attached hydrogen (secondary N) is 1. The van der Waals surface area contributed by atoms with E-state index in [2.05, 4.69) is 31.1 Å². The summed E-state index contributed by atoms with van der Waals surface area (Å²) < 4.78 is 5.18. The fourth-order valence-electron chi connectivity index (χ4n) is 2.26. The molecule has 0 bridgehead atoms. The molecule has 0 aromatic carbocycles. The lowest BCUT2D eigenvalue weighted by molar-refractivity contribution is -0.122. The van der Waals surface area contributed by atoms with Crippen molar-refractivity contribution in [3.05, 3.63) is 16.6 Å². The van der Waals surface area contributed by atoms with Crippen molar-refractivity contribution in [2.24, 2.45) is 5.41 Å². The lowest BCUT2D eigenvalue weighted by Crippen LogP contribution is -2.52. The molecule has 1 spiro atoms. The molecule has 2 fully saturated rings. The average Bonchev–Trinajstić information content (AvgIpc) is 2.95. The summed E-state index contributed by atoms with van der Waals surface area (Å²) in [5, 5.41) is 6.62. The van der Waals surface area contributed by atoms with Gasteiger partial charge in [-0.2, -0.15) is 0 Å². The van der Waals surface area contributed by atoms with E-state index >= 15 is 0 Å². The van der Waals surface area contributed by atoms with E-state index in [9.17, 15) is 0 Å². The summed E-state index contributed by atoms with van der Waals surface area (Å²) in [6, 6.07) is 0. The Morgan fingerprint density at radius 2 is 2.00 bits per heavy atom. The van der Waals surface area contributed by atoms with Gasteiger partial charge in [-0.1, -0.05) is 34.6 Å². The van der Waals surface area contributed by atoms with Crippen LogP contribution in [0.5, 0.6) is 0 Å². The van der Waals surface area contributed by atoms with E-state index in [1.54, 1.807) is 11.3 Å². The highest BCUT2D eigenvalue weighted by atomic mass is 32.1. The second-order valence-corrected chi connectivity index (χ2v) is 7.25. The predicted molar refractivity (Wildman–Crippen MR) is 87.5 cm³/mol. The standard InChI is InChI=1S/C7H13NO.C7H11NS.C2H6/c1-2-7(4-8-3-1)5-9-6-7;1-7(2,3)6-8-4-5-9-6;1-2/h8H,1-6H2;4-5H,1-3H3;1-2H3. The Kier molecular flexibility index (Phi) is 7.13. The highest BCUT2D eigenvalue weighted by Crippen LogP contribution is 2.33. The first-order valence-corrected chi connectivity index (χ1v) is 8.58. The smallest absolute Gasteiger partial charge is 0.0978 e. The van der Waals surface area contributed by atoms with Crippen LogP contribution in [0.1, 0.15) is 52.5 Å². The van der Waals surface area contributed by atoms with Crippen LogP contribution in [0.15, 0.2) is 11.6 Å². The summed E-state index contributed by atoms with van der Waals surface area (Å²) in [4.78, 5) is 4.21. The minimum absolute atomic E-state index is 0.230. The van der Waals surface area contributed by atoms with Gasteiger partial charge in [0.15, 0.2) is 0 Å². The van der Waals surface area contributed by atoms with Gasteiger partial charge in [0.2, 0.25) is 0 Å². The number of hydrogen-bond acceptors (Lipinski definition) is 4. The summed E-state index contributed by atoms with van der Waals surface area (Å²) in [5.74, 6) is 0. The van der Waals surface area contributed by atoms with Gasteiger partial charge >= 0.3 is 0 Å². The Bertz CT molecular complexity index is 345. The Morgan fingerprint density at radius 3 is 2.25 bits per heavy atom. The van der Waals surface area contributed by atoms with Crippen molar-refractivity contribution in [1.29, 1.82) is 0 Å². The highest BCUT2D eigenvalue weighted by molar-refractivity contribution is 7.09. The summed E-state index contributed by atoms with van der Waals surface area (Å²) in [5.41, 5.74) is 0.798. The Labute approximate surface area is 128 Å². The summed E-state index contributed by atoms with van der Waals surface area (Å²) in [6.07, 6.45) is 4.56. The molecule has 0 radical (unpaired) electrons. The maximum Gasteiger partial charge on any atom is 0.0978 e. The molecule has 20 heavy (non-hydrogen) atoms. The van der Waals surface area contributed by atoms with Crippen LogP contribution in [0.25, 0.3) is 0 Å². The predicted octanol–water partition coefficient (Wildman–Crippen LogP) is 3.85. The van der Waals surface area contributed by atoms with Crippen LogP contribution < -0.4 is 5.32 Å². The molecule has 3 nitrogen and oxygen atoms in total. The van der Waals surface area contributed by atoms with E-state index in [1.165, 1.54) is 30.9 Å². The maximum absolute atomic E-state index is 5.18. The molecule has 0 atom stereocenters. The molecular formula is C16H30N2OS. The molecule has 1 aromatic rings. The normalized spacial score (nSPS) is 20.1. The fraction of sp³-hybridized carbons (Fsp3) is 0.812.